The van der Waals surface area contributed by atoms with Crippen LogP contribution in [0.3, 0.4) is 0 Å². The van der Waals surface area contributed by atoms with E-state index in [-0.39, 0.29) is 0 Å². The highest BCUT2D eigenvalue weighted by atomic mass is 32.3. The molecule has 0 atom stereocenters. The average Bonchev–Trinajstić information content (AvgIpc) is 2.69. The Kier molecular flexibility index (Phi) is 23.5. The zero-order valence-corrected chi connectivity index (χ0v) is 20.3. The lowest BCUT2D eigenvalue weighted by atomic mass is 10.0. The van der Waals surface area contributed by atoms with E-state index in [2.05, 4.69) is 25.0 Å². The summed E-state index contributed by atoms with van der Waals surface area (Å²) in [6, 6.07) is 0. The van der Waals surface area contributed by atoms with Gasteiger partial charge in [-0.1, -0.05) is 84.0 Å². The Hall–Kier alpha value is -0.500. The van der Waals surface area contributed by atoms with Crippen LogP contribution in [0, 0.1) is 0 Å². The second-order valence-electron chi connectivity index (χ2n) is 7.74. The van der Waals surface area contributed by atoms with Crippen LogP contribution in [0.25, 0.3) is 0 Å². The van der Waals surface area contributed by atoms with Crippen molar-refractivity contribution in [2.75, 3.05) is 26.7 Å². The number of ketones is 1. The summed E-state index contributed by atoms with van der Waals surface area (Å²) in [5, 5.41) is 0. The molecule has 176 valence electrons. The van der Waals surface area contributed by atoms with Gasteiger partial charge >= 0.3 is 0 Å². The molecule has 0 saturated carbocycles. The van der Waals surface area contributed by atoms with Gasteiger partial charge in [-0.3, -0.25) is 8.98 Å². The SMILES string of the molecule is CCCCCCCCCCCCCCCC(=O)C[NH+](CC)CC.COS(=O)(=O)[O-]. The van der Waals surface area contributed by atoms with Gasteiger partial charge in [0.2, 0.25) is 10.4 Å². The van der Waals surface area contributed by atoms with Gasteiger partial charge in [-0.25, -0.2) is 8.42 Å². The third-order valence-electron chi connectivity index (χ3n) is 5.21. The zero-order valence-electron chi connectivity index (χ0n) is 19.5. The first-order chi connectivity index (χ1) is 13.8. The molecule has 6 nitrogen and oxygen atoms in total. The standard InChI is InChI=1S/C21H43NO.CH4O4S/c1-4-7-8-9-10-11-12-13-14-15-16-17-18-19-21(23)20-22(5-2)6-3;1-5-6(2,3)4/h4-20H2,1-3H3;1H3,(H,2,3,4). The number of rotatable bonds is 19. The van der Waals surface area contributed by atoms with Crippen molar-refractivity contribution < 1.29 is 26.8 Å². The molecule has 0 heterocycles. The zero-order chi connectivity index (χ0) is 22.4. The molecule has 0 unspecified atom stereocenters. The first kappa shape index (κ1) is 30.7. The molecule has 0 bridgehead atoms. The van der Waals surface area contributed by atoms with Crippen molar-refractivity contribution in [2.24, 2.45) is 0 Å². The molecule has 0 radical (unpaired) electrons. The molecular formula is C22H47NO5S. The summed E-state index contributed by atoms with van der Waals surface area (Å²) in [6.07, 6.45) is 18.6. The van der Waals surface area contributed by atoms with Crippen molar-refractivity contribution in [3.05, 3.63) is 0 Å². The second kappa shape index (κ2) is 22.2. The number of carbonyl (C=O) groups is 1. The van der Waals surface area contributed by atoms with Gasteiger partial charge in [0, 0.05) is 6.42 Å². The Morgan fingerprint density at radius 3 is 1.41 bits per heavy atom. The van der Waals surface area contributed by atoms with Crippen LogP contribution in [0.4, 0.5) is 0 Å². The maximum Gasteiger partial charge on any atom is 0.217 e. The van der Waals surface area contributed by atoms with Gasteiger partial charge in [-0.15, -0.1) is 0 Å². The summed E-state index contributed by atoms with van der Waals surface area (Å²) in [4.78, 5) is 13.3. The minimum Gasteiger partial charge on any atom is -0.726 e. The Morgan fingerprint density at radius 1 is 0.759 bits per heavy atom. The third kappa shape index (κ3) is 27.5. The van der Waals surface area contributed by atoms with Crippen molar-refractivity contribution in [1.29, 1.82) is 0 Å². The Morgan fingerprint density at radius 2 is 1.10 bits per heavy atom. The van der Waals surface area contributed by atoms with Gasteiger partial charge in [0.1, 0.15) is 6.54 Å². The lowest BCUT2D eigenvalue weighted by Gasteiger charge is -2.13. The van der Waals surface area contributed by atoms with Crippen molar-refractivity contribution in [3.63, 3.8) is 0 Å². The Balaban J connectivity index is 0. The predicted molar refractivity (Wildman–Crippen MR) is 119 cm³/mol. The normalized spacial score (nSPS) is 11.4. The van der Waals surface area contributed by atoms with Crippen molar-refractivity contribution in [1.82, 2.24) is 0 Å². The molecule has 0 aliphatic carbocycles. The number of quaternary nitrogens is 1. The van der Waals surface area contributed by atoms with E-state index in [0.717, 1.165) is 39.6 Å². The fourth-order valence-corrected chi connectivity index (χ4v) is 3.21. The van der Waals surface area contributed by atoms with E-state index >= 15 is 0 Å². The summed E-state index contributed by atoms with van der Waals surface area (Å²) in [5.74, 6) is 0.465. The van der Waals surface area contributed by atoms with Gasteiger partial charge in [-0.2, -0.15) is 0 Å². The fraction of sp³-hybridized carbons (Fsp3) is 0.955. The average molecular weight is 438 g/mol. The summed E-state index contributed by atoms with van der Waals surface area (Å²) in [5.41, 5.74) is 0. The highest BCUT2D eigenvalue weighted by Crippen LogP contribution is 2.12. The van der Waals surface area contributed by atoms with Crippen molar-refractivity contribution >= 4 is 16.2 Å². The summed E-state index contributed by atoms with van der Waals surface area (Å²) >= 11 is 0. The van der Waals surface area contributed by atoms with E-state index in [1.165, 1.54) is 81.9 Å². The smallest absolute Gasteiger partial charge is 0.217 e. The third-order valence-corrected chi connectivity index (χ3v) is 5.62. The van der Waals surface area contributed by atoms with E-state index in [0.29, 0.717) is 5.78 Å². The molecule has 0 aromatic heterocycles. The topological polar surface area (TPSA) is 87.9 Å². The fourth-order valence-electron chi connectivity index (χ4n) is 3.21. The number of likely N-dealkylation sites (N-methyl/N-ethyl adjacent to an activating group) is 1. The van der Waals surface area contributed by atoms with Gasteiger partial charge in [0.05, 0.1) is 20.2 Å². The molecule has 0 aliphatic rings. The molecule has 0 aromatic rings. The number of nitrogens with one attached hydrogen (secondary N) is 1. The largest absolute Gasteiger partial charge is 0.726 e. The molecule has 29 heavy (non-hydrogen) atoms. The first-order valence-electron chi connectivity index (χ1n) is 11.7. The quantitative estimate of drug-likeness (QED) is 0.187. The van der Waals surface area contributed by atoms with Crippen LogP contribution in [-0.4, -0.2) is 45.5 Å². The van der Waals surface area contributed by atoms with Crippen molar-refractivity contribution in [2.45, 2.75) is 111 Å². The molecule has 1 N–H and O–H groups in total. The van der Waals surface area contributed by atoms with Gasteiger partial charge in [0.25, 0.3) is 0 Å². The highest BCUT2D eigenvalue weighted by molar-refractivity contribution is 7.80. The molecular weight excluding hydrogens is 390 g/mol. The van der Waals surface area contributed by atoms with E-state index in [1.807, 2.05) is 0 Å². The van der Waals surface area contributed by atoms with Crippen LogP contribution in [0.1, 0.15) is 111 Å². The Bertz CT molecular complexity index is 450. The minimum absolute atomic E-state index is 0.465. The number of unbranched alkanes of at least 4 members (excludes halogenated alkanes) is 12. The van der Waals surface area contributed by atoms with Crippen LogP contribution in [0.15, 0.2) is 0 Å². The van der Waals surface area contributed by atoms with E-state index in [4.69, 9.17) is 0 Å². The summed E-state index contributed by atoms with van der Waals surface area (Å²) < 4.78 is 31.0. The highest BCUT2D eigenvalue weighted by Gasteiger charge is 2.09. The molecule has 0 spiro atoms. The van der Waals surface area contributed by atoms with Crippen molar-refractivity contribution in [3.8, 4) is 0 Å². The first-order valence-corrected chi connectivity index (χ1v) is 13.0. The summed E-state index contributed by atoms with van der Waals surface area (Å²) in [7, 11) is -3.60. The molecule has 0 aliphatic heterocycles. The lowest BCUT2D eigenvalue weighted by molar-refractivity contribution is -0.888. The summed E-state index contributed by atoms with van der Waals surface area (Å²) in [6.45, 7) is 9.49. The molecule has 0 fully saturated rings. The number of hydrogen-bond acceptors (Lipinski definition) is 5. The molecule has 7 heteroatoms. The maximum absolute atomic E-state index is 11.9. The lowest BCUT2D eigenvalue weighted by Crippen LogP contribution is -3.12. The predicted octanol–water partition coefficient (Wildman–Crippen LogP) is 4.05. The molecule has 0 amide bonds. The van der Waals surface area contributed by atoms with Gasteiger partial charge in [-0.05, 0) is 20.3 Å². The monoisotopic (exact) mass is 437 g/mol. The van der Waals surface area contributed by atoms with E-state index < -0.39 is 10.4 Å². The van der Waals surface area contributed by atoms with Crippen LogP contribution in [-0.2, 0) is 19.4 Å². The molecule has 0 rings (SSSR count). The van der Waals surface area contributed by atoms with Crippen LogP contribution in [0.5, 0.6) is 0 Å². The van der Waals surface area contributed by atoms with E-state index in [9.17, 15) is 17.8 Å². The Labute approximate surface area is 180 Å². The van der Waals surface area contributed by atoms with Gasteiger partial charge < -0.3 is 9.45 Å². The van der Waals surface area contributed by atoms with E-state index in [1.54, 1.807) is 0 Å². The molecule has 0 saturated heterocycles. The van der Waals surface area contributed by atoms with Crippen LogP contribution < -0.4 is 4.90 Å². The molecule has 0 aromatic carbocycles. The second-order valence-corrected chi connectivity index (χ2v) is 8.89. The number of hydrogen-bond donors (Lipinski definition) is 1. The van der Waals surface area contributed by atoms with Gasteiger partial charge in [0.15, 0.2) is 5.78 Å². The van der Waals surface area contributed by atoms with Crippen LogP contribution in [0.2, 0.25) is 0 Å². The minimum atomic E-state index is -4.41. The van der Waals surface area contributed by atoms with Crippen LogP contribution >= 0.6 is 0 Å². The number of carbonyl (C=O) groups excluding carboxylic acids is 1. The maximum atomic E-state index is 11.9. The number of Topliss-reactive ketones (excluding diaryl/α,β-unsaturated/α-hetero) is 1.